The third-order valence-corrected chi connectivity index (χ3v) is 10.8. The fourth-order valence-corrected chi connectivity index (χ4v) is 8.61. The van der Waals surface area contributed by atoms with Crippen molar-refractivity contribution < 1.29 is 0 Å². The van der Waals surface area contributed by atoms with Crippen molar-refractivity contribution in [2.24, 2.45) is 0 Å². The molecule has 4 aromatic heterocycles. The van der Waals surface area contributed by atoms with E-state index in [0.717, 1.165) is 0 Å². The molecule has 0 unspecified atom stereocenters. The zero-order chi connectivity index (χ0) is 22.5. The van der Waals surface area contributed by atoms with Crippen LogP contribution < -0.4 is 0 Å². The van der Waals surface area contributed by atoms with E-state index in [0.29, 0.717) is 0 Å². The van der Waals surface area contributed by atoms with Crippen LogP contribution in [0, 0.1) is 0 Å². The van der Waals surface area contributed by atoms with Crippen LogP contribution in [0.3, 0.4) is 0 Å². The molecule has 4 heteroatoms. The zero-order valence-corrected chi connectivity index (χ0v) is 21.3. The summed E-state index contributed by atoms with van der Waals surface area (Å²) in [6.07, 6.45) is 0. The van der Waals surface area contributed by atoms with Crippen LogP contribution in [0.25, 0.3) is 61.2 Å². The van der Waals surface area contributed by atoms with Gasteiger partial charge in [0.2, 0.25) is 0 Å². The monoisotopic (exact) mass is 506 g/mol. The number of rotatable bonds is 4. The van der Waals surface area contributed by atoms with Gasteiger partial charge in [-0.25, -0.2) is 0 Å². The average Bonchev–Trinajstić information content (AvgIpc) is 3.68. The Hall–Kier alpha value is -3.02. The molecule has 0 bridgehead atoms. The normalized spacial score (nSPS) is 11.5. The molecule has 34 heavy (non-hydrogen) atoms. The summed E-state index contributed by atoms with van der Waals surface area (Å²) in [5.74, 6) is 0. The Morgan fingerprint density at radius 2 is 0.853 bits per heavy atom. The maximum absolute atomic E-state index is 2.31. The van der Waals surface area contributed by atoms with E-state index in [1.807, 2.05) is 34.0 Å². The van der Waals surface area contributed by atoms with Crippen LogP contribution in [0.1, 0.15) is 0 Å². The summed E-state index contributed by atoms with van der Waals surface area (Å²) < 4.78 is 0. The Bertz CT molecular complexity index is 1700. The van der Waals surface area contributed by atoms with Crippen LogP contribution in [-0.4, -0.2) is 0 Å². The SMILES string of the molecule is c1csc(-c2ccc(-c3ccc(-c4ccc(-c5c6ccccc6cc6ccccc56)s4)s3)s2)c1. The third kappa shape index (κ3) is 3.46. The topological polar surface area (TPSA) is 0 Å². The Kier molecular flexibility index (Phi) is 4.99. The average molecular weight is 507 g/mol. The molecule has 0 spiro atoms. The largest absolute Gasteiger partial charge is 0.143 e. The predicted octanol–water partition coefficient (Wildman–Crippen LogP) is 10.9. The van der Waals surface area contributed by atoms with Crippen molar-refractivity contribution in [3.8, 4) is 39.7 Å². The van der Waals surface area contributed by atoms with Crippen molar-refractivity contribution in [1.82, 2.24) is 0 Å². The highest BCUT2D eigenvalue weighted by molar-refractivity contribution is 7.28. The molecule has 0 nitrogen and oxygen atoms in total. The molecule has 4 heterocycles. The van der Waals surface area contributed by atoms with E-state index >= 15 is 0 Å². The Labute approximate surface area is 214 Å². The summed E-state index contributed by atoms with van der Waals surface area (Å²) in [7, 11) is 0. The Balaban J connectivity index is 1.29. The summed E-state index contributed by atoms with van der Waals surface area (Å²) in [6, 6.07) is 37.8. The molecule has 0 fully saturated rings. The van der Waals surface area contributed by atoms with Gasteiger partial charge in [0.25, 0.3) is 0 Å². The first-order valence-electron chi connectivity index (χ1n) is 11.1. The minimum Gasteiger partial charge on any atom is -0.143 e. The van der Waals surface area contributed by atoms with Gasteiger partial charge < -0.3 is 0 Å². The number of benzene rings is 3. The molecule has 0 N–H and O–H groups in total. The molecular weight excluding hydrogens is 489 g/mol. The molecule has 7 aromatic rings. The molecule has 0 aliphatic rings. The minimum atomic E-state index is 1.30. The number of hydrogen-bond acceptors (Lipinski definition) is 4. The number of hydrogen-bond donors (Lipinski definition) is 0. The predicted molar refractivity (Wildman–Crippen MR) is 155 cm³/mol. The van der Waals surface area contributed by atoms with E-state index < -0.39 is 0 Å². The van der Waals surface area contributed by atoms with Crippen molar-refractivity contribution in [3.63, 3.8) is 0 Å². The summed E-state index contributed by atoms with van der Waals surface area (Å²) in [5.41, 5.74) is 1.35. The van der Waals surface area contributed by atoms with Gasteiger partial charge in [-0.05, 0) is 75.5 Å². The van der Waals surface area contributed by atoms with Crippen LogP contribution >= 0.6 is 45.3 Å². The van der Waals surface area contributed by atoms with Gasteiger partial charge in [-0.2, -0.15) is 0 Å². The summed E-state index contributed by atoms with van der Waals surface area (Å²) in [5, 5.41) is 7.38. The molecule has 7 rings (SSSR count). The number of fused-ring (bicyclic) bond motifs is 2. The molecule has 0 radical (unpaired) electrons. The molecule has 3 aromatic carbocycles. The first-order valence-corrected chi connectivity index (χ1v) is 14.4. The second kappa shape index (κ2) is 8.33. The van der Waals surface area contributed by atoms with Gasteiger partial charge in [0, 0.05) is 39.7 Å². The zero-order valence-electron chi connectivity index (χ0n) is 18.0. The first kappa shape index (κ1) is 20.4. The first-order chi connectivity index (χ1) is 16.8. The summed E-state index contributed by atoms with van der Waals surface area (Å²) >= 11 is 7.47. The highest BCUT2D eigenvalue weighted by atomic mass is 32.1. The van der Waals surface area contributed by atoms with Crippen LogP contribution in [0.4, 0.5) is 0 Å². The maximum atomic E-state index is 2.31. The van der Waals surface area contributed by atoms with Gasteiger partial charge in [0.1, 0.15) is 0 Å². The fourth-order valence-electron chi connectivity index (χ4n) is 4.51. The van der Waals surface area contributed by atoms with Crippen molar-refractivity contribution in [3.05, 3.63) is 109 Å². The lowest BCUT2D eigenvalue weighted by Gasteiger charge is -2.10. The van der Waals surface area contributed by atoms with E-state index in [2.05, 4.69) is 109 Å². The standard InChI is InChI=1S/C30H18S4/c1-3-8-21-19(6-1)18-20-7-2-4-9-22(20)30(21)29-16-15-28(34-29)27-14-13-26(33-27)25-12-11-24(32-25)23-10-5-17-31-23/h1-18H. The highest BCUT2D eigenvalue weighted by Gasteiger charge is 2.14. The lowest BCUT2D eigenvalue weighted by atomic mass is 9.96. The van der Waals surface area contributed by atoms with Gasteiger partial charge in [-0.3, -0.25) is 0 Å². The second-order valence-electron chi connectivity index (χ2n) is 8.16. The van der Waals surface area contributed by atoms with E-state index in [1.165, 1.54) is 61.2 Å². The summed E-state index contributed by atoms with van der Waals surface area (Å²) in [6.45, 7) is 0. The number of thiophene rings is 4. The van der Waals surface area contributed by atoms with Crippen LogP contribution in [0.5, 0.6) is 0 Å². The molecule has 162 valence electrons. The second-order valence-corrected chi connectivity index (χ2v) is 12.4. The Morgan fingerprint density at radius 3 is 1.38 bits per heavy atom. The van der Waals surface area contributed by atoms with Crippen molar-refractivity contribution in [2.45, 2.75) is 0 Å². The van der Waals surface area contributed by atoms with Gasteiger partial charge in [0.15, 0.2) is 0 Å². The molecule has 0 atom stereocenters. The summed E-state index contributed by atoms with van der Waals surface area (Å²) in [4.78, 5) is 9.37. The minimum absolute atomic E-state index is 1.30. The van der Waals surface area contributed by atoms with Gasteiger partial charge in [-0.1, -0.05) is 54.6 Å². The van der Waals surface area contributed by atoms with E-state index in [9.17, 15) is 0 Å². The van der Waals surface area contributed by atoms with Crippen molar-refractivity contribution >= 4 is 66.9 Å². The van der Waals surface area contributed by atoms with Crippen molar-refractivity contribution in [2.75, 3.05) is 0 Å². The fraction of sp³-hybridized carbons (Fsp3) is 0. The van der Waals surface area contributed by atoms with E-state index in [1.54, 1.807) is 11.3 Å². The van der Waals surface area contributed by atoms with Crippen LogP contribution in [0.15, 0.2) is 109 Å². The molecule has 0 aliphatic carbocycles. The lowest BCUT2D eigenvalue weighted by Crippen LogP contribution is -1.82. The van der Waals surface area contributed by atoms with E-state index in [4.69, 9.17) is 0 Å². The van der Waals surface area contributed by atoms with Gasteiger partial charge >= 0.3 is 0 Å². The molecule has 0 aliphatic heterocycles. The van der Waals surface area contributed by atoms with Gasteiger partial charge in [0.05, 0.1) is 0 Å². The van der Waals surface area contributed by atoms with E-state index in [-0.39, 0.29) is 0 Å². The molecule has 0 amide bonds. The smallest absolute Gasteiger partial charge is 0.0449 e. The maximum Gasteiger partial charge on any atom is 0.0449 e. The van der Waals surface area contributed by atoms with Crippen molar-refractivity contribution in [1.29, 1.82) is 0 Å². The molecular formula is C30H18S4. The quantitative estimate of drug-likeness (QED) is 0.208. The third-order valence-electron chi connectivity index (χ3n) is 6.09. The lowest BCUT2D eigenvalue weighted by molar-refractivity contribution is 1.75. The molecule has 0 saturated carbocycles. The molecule has 0 saturated heterocycles. The highest BCUT2D eigenvalue weighted by Crippen LogP contribution is 2.45. The van der Waals surface area contributed by atoms with Crippen LogP contribution in [-0.2, 0) is 0 Å². The van der Waals surface area contributed by atoms with Gasteiger partial charge in [-0.15, -0.1) is 45.3 Å². The Morgan fingerprint density at radius 1 is 0.382 bits per heavy atom. The van der Waals surface area contributed by atoms with Crippen LogP contribution in [0.2, 0.25) is 0 Å².